The largest absolute Gasteiger partial charge is 0.512 e. The maximum absolute atomic E-state index is 11.8. The van der Waals surface area contributed by atoms with Gasteiger partial charge in [-0.05, 0) is 48.5 Å². The predicted molar refractivity (Wildman–Crippen MR) is 280 cm³/mol. The van der Waals surface area contributed by atoms with Crippen LogP contribution in [0.3, 0.4) is 0 Å². The van der Waals surface area contributed by atoms with E-state index >= 15 is 0 Å². The molecule has 14 amide bonds. The van der Waals surface area contributed by atoms with Gasteiger partial charge in [0.05, 0.1) is 36.7 Å². The smallest absolute Gasteiger partial charge is 0.454 e. The van der Waals surface area contributed by atoms with Crippen LogP contribution in [-0.4, -0.2) is 171 Å². The molecule has 79 heavy (non-hydrogen) atoms. The molecule has 0 fully saturated rings. The number of hydrogen-bond acceptors (Lipinski definition) is 18. The number of nitrogens with zero attached hydrogens (tertiary/aromatic N) is 7. The quantitative estimate of drug-likeness (QED) is 0.161. The molecule has 2 aromatic carbocycles. The Morgan fingerprint density at radius 2 is 0.519 bits per heavy atom. The summed E-state index contributed by atoms with van der Waals surface area (Å²) in [7, 11) is -2.66. The van der Waals surface area contributed by atoms with Crippen LogP contribution in [0.4, 0.5) is 11.4 Å². The van der Waals surface area contributed by atoms with Crippen LogP contribution >= 0.6 is 0 Å². The van der Waals surface area contributed by atoms with Crippen LogP contribution in [0.5, 0.6) is 11.5 Å². The summed E-state index contributed by atoms with van der Waals surface area (Å²) in [5, 5.41) is 19.5. The van der Waals surface area contributed by atoms with E-state index < -0.39 is 98.8 Å². The van der Waals surface area contributed by atoms with E-state index in [4.69, 9.17) is 8.85 Å². The molecule has 7 heterocycles. The lowest BCUT2D eigenvalue weighted by Crippen LogP contribution is -2.47. The molecule has 7 aliphatic rings. The molecule has 7 aliphatic heterocycles. The lowest BCUT2D eigenvalue weighted by atomic mass is 10.1. The number of imide groups is 7. The summed E-state index contributed by atoms with van der Waals surface area (Å²) < 4.78 is 12.1. The minimum absolute atomic E-state index is 0. The number of amides is 14. The second-order valence-corrected chi connectivity index (χ2v) is 20.6. The highest BCUT2D eigenvalue weighted by Gasteiger charge is 2.37. The minimum atomic E-state index is -2.66. The molecule has 2 atom stereocenters. The average Bonchev–Trinajstić information content (AvgIpc) is 4.26. The SMILES string of the molecule is C.C.C.C[Si](C)(Oc1ccc(N2C(=O)C=CC2=O)cc1)Oc1ccc(N2C(=O)C=CC2=O)cc1.O=C1C=CC(=O)N1CC(CN1C(=O)C=CC1=O)CN1C(=O)C=CC1=O.O=C1C=CC(=O)N1CC(O)C(O)CN1C(=O)C=CC1=O. The van der Waals surface area contributed by atoms with Gasteiger partial charge in [0.1, 0.15) is 11.5 Å². The first-order chi connectivity index (χ1) is 36.0. The predicted octanol–water partition coefficient (Wildman–Crippen LogP) is 0.549. The second-order valence-electron chi connectivity index (χ2n) is 17.4. The van der Waals surface area contributed by atoms with Gasteiger partial charge in [-0.25, -0.2) is 9.80 Å². The molecular formula is C53H55N7O18Si. The van der Waals surface area contributed by atoms with E-state index in [0.717, 1.165) is 95.1 Å². The fraction of sp³-hybridized carbons (Fsp3) is 0.245. The van der Waals surface area contributed by atoms with Crippen LogP contribution in [0.25, 0.3) is 0 Å². The Morgan fingerprint density at radius 3 is 0.734 bits per heavy atom. The zero-order chi connectivity index (χ0) is 55.2. The number of aliphatic hydroxyl groups is 2. The molecule has 0 radical (unpaired) electrons. The molecule has 26 heteroatoms. The Hall–Kier alpha value is -9.66. The monoisotopic (exact) mass is 1110 g/mol. The van der Waals surface area contributed by atoms with Crippen LogP contribution in [0.1, 0.15) is 22.3 Å². The molecule has 2 aromatic rings. The third-order valence-corrected chi connectivity index (χ3v) is 13.0. The Balaban J connectivity index is 0.000000257. The molecule has 0 bridgehead atoms. The third-order valence-electron chi connectivity index (χ3n) is 11.5. The fourth-order valence-corrected chi connectivity index (χ4v) is 9.29. The van der Waals surface area contributed by atoms with E-state index in [1.54, 1.807) is 48.5 Å². The number of rotatable bonds is 17. The first-order valence-electron chi connectivity index (χ1n) is 22.7. The lowest BCUT2D eigenvalue weighted by molar-refractivity contribution is -0.144. The minimum Gasteiger partial charge on any atom is -0.512 e. The molecule has 0 spiro atoms. The van der Waals surface area contributed by atoms with Crippen molar-refractivity contribution < 1.29 is 86.2 Å². The number of β-amino-alcohol motifs (C(OH)–C–C–N with tert-alkyl or cyclic N) is 2. The lowest BCUT2D eigenvalue weighted by Gasteiger charge is -2.28. The standard InChI is InChI=1S/C22H18N2O6Si.C16H13N3O6.C12H12N2O6.3CH4/c1-31(2,29-17-7-3-15(4-8-17)23-19(25)11-12-20(23)26)30-18-9-5-16(6-10-18)24-21(27)13-14-22(24)28;20-11-1-2-12(21)17(11)7-10(8-18-13(22)3-4-14(18)23)9-19-15(24)5-6-16(19)25;15-7(5-13-9(17)1-2-10(13)18)8(16)6-14-11(19)3-4-12(14)20;;;/h3-14H,1-2H3;1-6,10H,7-9H2;1-4,7-8,15-16H,5-6H2;3*1H4. The second kappa shape index (κ2) is 25.9. The molecule has 0 saturated carbocycles. The van der Waals surface area contributed by atoms with Crippen molar-refractivity contribution in [3.8, 4) is 11.5 Å². The molecule has 0 saturated heterocycles. The molecule has 0 aromatic heterocycles. The normalized spacial score (nSPS) is 17.9. The Morgan fingerprint density at radius 1 is 0.329 bits per heavy atom. The molecule has 0 aliphatic carbocycles. The van der Waals surface area contributed by atoms with Crippen molar-refractivity contribution in [3.05, 3.63) is 134 Å². The van der Waals surface area contributed by atoms with Crippen LogP contribution in [0, 0.1) is 5.92 Å². The van der Waals surface area contributed by atoms with Gasteiger partial charge in [-0.2, -0.15) is 0 Å². The first kappa shape index (κ1) is 61.9. The van der Waals surface area contributed by atoms with Gasteiger partial charge in [0.25, 0.3) is 82.7 Å². The average molecular weight is 1110 g/mol. The van der Waals surface area contributed by atoms with Crippen molar-refractivity contribution in [3.63, 3.8) is 0 Å². The Labute approximate surface area is 453 Å². The summed E-state index contributed by atoms with van der Waals surface area (Å²) in [5.41, 5.74) is 0.924. The number of hydrogen-bond donors (Lipinski definition) is 2. The van der Waals surface area contributed by atoms with Crippen molar-refractivity contribution in [2.45, 2.75) is 47.6 Å². The molecule has 2 unspecified atom stereocenters. The van der Waals surface area contributed by atoms with Crippen molar-refractivity contribution in [1.29, 1.82) is 0 Å². The van der Waals surface area contributed by atoms with E-state index in [1.807, 2.05) is 13.1 Å². The van der Waals surface area contributed by atoms with Crippen LogP contribution in [0.2, 0.25) is 13.1 Å². The van der Waals surface area contributed by atoms with Gasteiger partial charge in [-0.3, -0.25) is 91.6 Å². The number of aliphatic hydroxyl groups excluding tert-OH is 2. The highest BCUT2D eigenvalue weighted by atomic mass is 28.4. The van der Waals surface area contributed by atoms with Gasteiger partial charge in [0.15, 0.2) is 0 Å². The summed E-state index contributed by atoms with van der Waals surface area (Å²) in [6.07, 6.45) is 12.9. The summed E-state index contributed by atoms with van der Waals surface area (Å²) >= 11 is 0. The van der Waals surface area contributed by atoms with Gasteiger partial charge in [0, 0.05) is 124 Å². The molecule has 414 valence electrons. The van der Waals surface area contributed by atoms with Gasteiger partial charge < -0.3 is 19.1 Å². The summed E-state index contributed by atoms with van der Waals surface area (Å²) in [4.78, 5) is 169. The van der Waals surface area contributed by atoms with Gasteiger partial charge >= 0.3 is 8.56 Å². The molecular weight excluding hydrogens is 1050 g/mol. The maximum Gasteiger partial charge on any atom is 0.454 e. The highest BCUT2D eigenvalue weighted by Crippen LogP contribution is 2.28. The zero-order valence-electron chi connectivity index (χ0n) is 40.0. The molecule has 2 N–H and O–H groups in total. The van der Waals surface area contributed by atoms with Gasteiger partial charge in [0.2, 0.25) is 0 Å². The number of anilines is 2. The van der Waals surface area contributed by atoms with Crippen LogP contribution < -0.4 is 18.7 Å². The van der Waals surface area contributed by atoms with Gasteiger partial charge in [-0.1, -0.05) is 22.3 Å². The first-order valence-corrected chi connectivity index (χ1v) is 25.6. The summed E-state index contributed by atoms with van der Waals surface area (Å²) in [6, 6.07) is 13.2. The summed E-state index contributed by atoms with van der Waals surface area (Å²) in [5.74, 6) is -6.58. The number of carbonyl (C=O) groups excluding carboxylic acids is 14. The number of carbonyl (C=O) groups is 14. The van der Waals surface area contributed by atoms with E-state index in [9.17, 15) is 77.3 Å². The number of benzene rings is 2. The van der Waals surface area contributed by atoms with E-state index in [2.05, 4.69) is 0 Å². The van der Waals surface area contributed by atoms with Crippen molar-refractivity contribution in [2.75, 3.05) is 42.5 Å². The summed E-state index contributed by atoms with van der Waals surface area (Å²) in [6.45, 7) is 2.54. The maximum atomic E-state index is 11.8. The van der Waals surface area contributed by atoms with Gasteiger partial charge in [-0.15, -0.1) is 0 Å². The highest BCUT2D eigenvalue weighted by molar-refractivity contribution is 6.66. The van der Waals surface area contributed by atoms with Crippen molar-refractivity contribution in [1.82, 2.24) is 24.5 Å². The van der Waals surface area contributed by atoms with E-state index in [-0.39, 0.29) is 65.5 Å². The van der Waals surface area contributed by atoms with E-state index in [0.29, 0.717) is 22.9 Å². The Kier molecular flexibility index (Phi) is 20.3. The zero-order valence-corrected chi connectivity index (χ0v) is 41.0. The van der Waals surface area contributed by atoms with Crippen molar-refractivity contribution >= 4 is 103 Å². The van der Waals surface area contributed by atoms with Crippen LogP contribution in [-0.2, 0) is 67.1 Å². The molecule has 9 rings (SSSR count). The Bertz CT molecular complexity index is 2730. The topological polar surface area (TPSA) is 321 Å². The molecule has 25 nitrogen and oxygen atoms in total. The fourth-order valence-electron chi connectivity index (χ4n) is 7.85. The van der Waals surface area contributed by atoms with E-state index in [1.165, 1.54) is 24.3 Å². The van der Waals surface area contributed by atoms with Crippen LogP contribution in [0.15, 0.2) is 134 Å². The third kappa shape index (κ3) is 14.6. The van der Waals surface area contributed by atoms with Crippen molar-refractivity contribution in [2.24, 2.45) is 5.92 Å².